The number of carbonyl (C=O) groups excluding carboxylic acids is 1. The minimum atomic E-state index is -0.422. The molecule has 3 aromatic heterocycles. The molecule has 1 aromatic carbocycles. The van der Waals surface area contributed by atoms with E-state index in [1.54, 1.807) is 22.9 Å². The number of benzene rings is 1. The first-order chi connectivity index (χ1) is 13.7. The van der Waals surface area contributed by atoms with Crippen LogP contribution in [-0.4, -0.2) is 15.3 Å². The molecular formula is C21H19N3O2S2. The van der Waals surface area contributed by atoms with Crippen LogP contribution in [0.4, 0.5) is 0 Å². The fourth-order valence-electron chi connectivity index (χ4n) is 3.13. The fraction of sp³-hybridized carbons (Fsp3) is 0.190. The van der Waals surface area contributed by atoms with E-state index in [0.29, 0.717) is 4.96 Å². The zero-order valence-corrected chi connectivity index (χ0v) is 16.9. The van der Waals surface area contributed by atoms with Crippen LogP contribution in [0.3, 0.4) is 0 Å². The molecule has 1 unspecified atom stereocenters. The lowest BCUT2D eigenvalue weighted by atomic mass is 10.0. The van der Waals surface area contributed by atoms with Crippen molar-refractivity contribution in [2.24, 2.45) is 0 Å². The van der Waals surface area contributed by atoms with Crippen LogP contribution in [0.5, 0.6) is 0 Å². The monoisotopic (exact) mass is 409 g/mol. The number of amides is 1. The van der Waals surface area contributed by atoms with E-state index in [4.69, 9.17) is 0 Å². The number of aryl methyl sites for hydroxylation is 1. The van der Waals surface area contributed by atoms with Gasteiger partial charge in [-0.15, -0.1) is 22.7 Å². The molecule has 5 nitrogen and oxygen atoms in total. The molecule has 4 aromatic rings. The summed E-state index contributed by atoms with van der Waals surface area (Å²) in [5.74, 6) is -0.422. The molecule has 0 bridgehead atoms. The van der Waals surface area contributed by atoms with Gasteiger partial charge in [-0.2, -0.15) is 0 Å². The Morgan fingerprint density at radius 3 is 2.71 bits per heavy atom. The van der Waals surface area contributed by atoms with Crippen molar-refractivity contribution in [3.8, 4) is 0 Å². The van der Waals surface area contributed by atoms with Gasteiger partial charge in [0.2, 0.25) is 0 Å². The predicted octanol–water partition coefficient (Wildman–Crippen LogP) is 4.29. The van der Waals surface area contributed by atoms with Gasteiger partial charge in [0.25, 0.3) is 11.5 Å². The van der Waals surface area contributed by atoms with Gasteiger partial charge in [-0.05, 0) is 29.0 Å². The molecule has 0 aliphatic rings. The van der Waals surface area contributed by atoms with Gasteiger partial charge < -0.3 is 5.32 Å². The van der Waals surface area contributed by atoms with Gasteiger partial charge in [0.1, 0.15) is 5.56 Å². The quantitative estimate of drug-likeness (QED) is 0.517. The number of rotatable bonds is 6. The van der Waals surface area contributed by atoms with Gasteiger partial charge in [-0.3, -0.25) is 14.0 Å². The van der Waals surface area contributed by atoms with E-state index in [0.717, 1.165) is 23.3 Å². The molecule has 0 saturated heterocycles. The molecule has 1 atom stereocenters. The molecule has 142 valence electrons. The Morgan fingerprint density at radius 2 is 2.00 bits per heavy atom. The van der Waals surface area contributed by atoms with E-state index in [-0.39, 0.29) is 17.2 Å². The molecule has 0 fully saturated rings. The minimum absolute atomic E-state index is 0.0417. The van der Waals surface area contributed by atoms with E-state index in [1.165, 1.54) is 27.5 Å². The van der Waals surface area contributed by atoms with Crippen molar-refractivity contribution in [2.75, 3.05) is 0 Å². The standard InChI is InChI=1S/C21H19N3O2S2/c1-2-4-14-6-8-15(9-7-14)18(17-5-3-11-27-17)23-19(25)16-13-22-21-24(20(16)26)10-12-28-21/h3,5-13,18H,2,4H2,1H3,(H,23,25). The summed E-state index contributed by atoms with van der Waals surface area (Å²) in [6, 6.07) is 11.9. The van der Waals surface area contributed by atoms with E-state index in [9.17, 15) is 9.59 Å². The first kappa shape index (κ1) is 18.6. The Kier molecular flexibility index (Phi) is 5.36. The maximum Gasteiger partial charge on any atom is 0.271 e. The van der Waals surface area contributed by atoms with E-state index in [2.05, 4.69) is 29.4 Å². The number of fused-ring (bicyclic) bond motifs is 1. The summed E-state index contributed by atoms with van der Waals surface area (Å²) in [4.78, 5) is 31.4. The Bertz CT molecular complexity index is 1140. The number of aromatic nitrogens is 2. The summed E-state index contributed by atoms with van der Waals surface area (Å²) >= 11 is 2.93. The Hall–Kier alpha value is -2.77. The number of thiazole rings is 1. The molecule has 0 aliphatic heterocycles. The predicted molar refractivity (Wildman–Crippen MR) is 113 cm³/mol. The number of nitrogens with one attached hydrogen (secondary N) is 1. The molecule has 4 rings (SSSR count). The van der Waals surface area contributed by atoms with Crippen molar-refractivity contribution >= 4 is 33.5 Å². The first-order valence-electron chi connectivity index (χ1n) is 9.05. The van der Waals surface area contributed by atoms with Crippen molar-refractivity contribution in [3.05, 3.63) is 91.5 Å². The lowest BCUT2D eigenvalue weighted by Crippen LogP contribution is -2.34. The highest BCUT2D eigenvalue weighted by Crippen LogP contribution is 2.27. The maximum absolute atomic E-state index is 12.9. The van der Waals surface area contributed by atoms with Crippen LogP contribution in [0.2, 0.25) is 0 Å². The second-order valence-electron chi connectivity index (χ2n) is 6.45. The molecule has 1 amide bonds. The Balaban J connectivity index is 1.66. The largest absolute Gasteiger partial charge is 0.340 e. The molecule has 0 radical (unpaired) electrons. The van der Waals surface area contributed by atoms with Gasteiger partial charge in [-0.25, -0.2) is 4.98 Å². The van der Waals surface area contributed by atoms with E-state index < -0.39 is 5.91 Å². The molecule has 28 heavy (non-hydrogen) atoms. The minimum Gasteiger partial charge on any atom is -0.340 e. The van der Waals surface area contributed by atoms with Gasteiger partial charge in [0, 0.05) is 22.7 Å². The van der Waals surface area contributed by atoms with Crippen LogP contribution in [0.25, 0.3) is 4.96 Å². The number of hydrogen-bond donors (Lipinski definition) is 1. The van der Waals surface area contributed by atoms with E-state index >= 15 is 0 Å². The lowest BCUT2D eigenvalue weighted by Gasteiger charge is -2.18. The Morgan fingerprint density at radius 1 is 1.18 bits per heavy atom. The van der Waals surface area contributed by atoms with E-state index in [1.807, 2.05) is 29.6 Å². The van der Waals surface area contributed by atoms with Crippen molar-refractivity contribution in [3.63, 3.8) is 0 Å². The summed E-state index contributed by atoms with van der Waals surface area (Å²) in [5, 5.41) is 6.78. The topological polar surface area (TPSA) is 63.5 Å². The third-order valence-electron chi connectivity index (χ3n) is 4.54. The third-order valence-corrected chi connectivity index (χ3v) is 6.25. The highest BCUT2D eigenvalue weighted by molar-refractivity contribution is 7.15. The van der Waals surface area contributed by atoms with Crippen molar-refractivity contribution in [1.29, 1.82) is 0 Å². The molecule has 1 N–H and O–H groups in total. The number of hydrogen-bond acceptors (Lipinski definition) is 5. The molecule has 7 heteroatoms. The van der Waals surface area contributed by atoms with Crippen molar-refractivity contribution in [2.45, 2.75) is 25.8 Å². The number of carbonyl (C=O) groups is 1. The maximum atomic E-state index is 12.9. The lowest BCUT2D eigenvalue weighted by molar-refractivity contribution is 0.0941. The zero-order valence-electron chi connectivity index (χ0n) is 15.3. The molecule has 0 spiro atoms. The van der Waals surface area contributed by atoms with Gasteiger partial charge >= 0.3 is 0 Å². The van der Waals surface area contributed by atoms with Crippen LogP contribution in [0.1, 0.15) is 45.7 Å². The van der Waals surface area contributed by atoms with Crippen molar-refractivity contribution < 1.29 is 4.79 Å². The summed E-state index contributed by atoms with van der Waals surface area (Å²) in [6.45, 7) is 2.15. The molecular weight excluding hydrogens is 390 g/mol. The van der Waals surface area contributed by atoms with Crippen LogP contribution in [-0.2, 0) is 6.42 Å². The summed E-state index contributed by atoms with van der Waals surface area (Å²) < 4.78 is 1.40. The van der Waals surface area contributed by atoms with Crippen LogP contribution < -0.4 is 10.9 Å². The highest BCUT2D eigenvalue weighted by Gasteiger charge is 2.21. The zero-order chi connectivity index (χ0) is 19.5. The third kappa shape index (κ3) is 3.63. The second kappa shape index (κ2) is 8.08. The number of nitrogens with zero attached hydrogens (tertiary/aromatic N) is 2. The van der Waals surface area contributed by atoms with Crippen LogP contribution >= 0.6 is 22.7 Å². The van der Waals surface area contributed by atoms with Gasteiger partial charge in [-0.1, -0.05) is 43.7 Å². The molecule has 0 saturated carbocycles. The summed E-state index contributed by atoms with van der Waals surface area (Å²) in [6.07, 6.45) is 5.11. The average molecular weight is 410 g/mol. The Labute approximate surface area is 170 Å². The molecule has 0 aliphatic carbocycles. The average Bonchev–Trinajstić information content (AvgIpc) is 3.39. The first-order valence-corrected chi connectivity index (χ1v) is 10.8. The smallest absolute Gasteiger partial charge is 0.271 e. The molecule has 3 heterocycles. The normalized spacial score (nSPS) is 12.2. The van der Waals surface area contributed by atoms with Crippen molar-refractivity contribution in [1.82, 2.24) is 14.7 Å². The van der Waals surface area contributed by atoms with Crippen LogP contribution in [0.15, 0.2) is 64.3 Å². The fourth-order valence-corrected chi connectivity index (χ4v) is 4.61. The highest BCUT2D eigenvalue weighted by atomic mass is 32.1. The van der Waals surface area contributed by atoms with Crippen LogP contribution in [0, 0.1) is 0 Å². The van der Waals surface area contributed by atoms with Gasteiger partial charge in [0.05, 0.1) is 6.04 Å². The summed E-state index contributed by atoms with van der Waals surface area (Å²) in [5.41, 5.74) is 1.94. The van der Waals surface area contributed by atoms with Gasteiger partial charge in [0.15, 0.2) is 4.96 Å². The second-order valence-corrected chi connectivity index (χ2v) is 8.30. The SMILES string of the molecule is CCCc1ccc(C(NC(=O)c2cnc3sccn3c2=O)c2cccs2)cc1. The summed E-state index contributed by atoms with van der Waals surface area (Å²) in [7, 11) is 0. The number of thiophene rings is 1.